The first-order chi connectivity index (χ1) is 13.5. The average Bonchev–Trinajstić information content (AvgIpc) is 2.98. The van der Waals surface area contributed by atoms with E-state index in [0.29, 0.717) is 42.6 Å². The molecule has 0 radical (unpaired) electrons. The normalized spacial score (nSPS) is 38.0. The SMILES string of the molecule is [3H]POc1ccc2c(c1)C[C@@H](C)C1C2CCC2(C)C1CC[C@@H]2CC(=O)OCC. The van der Waals surface area contributed by atoms with Gasteiger partial charge in [0, 0.05) is 6.42 Å². The molecule has 3 aliphatic rings. The summed E-state index contributed by atoms with van der Waals surface area (Å²) in [5.41, 5.74) is 3.21. The molecule has 1 aromatic carbocycles. The number of carbonyl (C=O) groups excluding carboxylic acids is 1. The molecule has 2 fully saturated rings. The van der Waals surface area contributed by atoms with Gasteiger partial charge in [0.2, 0.25) is 0 Å². The van der Waals surface area contributed by atoms with E-state index < -0.39 is 0 Å². The van der Waals surface area contributed by atoms with Crippen molar-refractivity contribution in [1.82, 2.24) is 0 Å². The summed E-state index contributed by atoms with van der Waals surface area (Å²) in [6.45, 7) is 7.25. The first-order valence-corrected chi connectivity index (χ1v) is 11.0. The second-order valence-electron chi connectivity index (χ2n) is 9.26. The Hall–Kier alpha value is -1.08. The van der Waals surface area contributed by atoms with Crippen molar-refractivity contribution in [2.75, 3.05) is 6.61 Å². The third-order valence-corrected chi connectivity index (χ3v) is 8.31. The molecule has 148 valence electrons. The van der Waals surface area contributed by atoms with Crippen molar-refractivity contribution in [3.05, 3.63) is 29.3 Å². The number of ether oxygens (including phenoxy) is 1. The highest BCUT2D eigenvalue weighted by Gasteiger charge is 2.56. The van der Waals surface area contributed by atoms with Crippen molar-refractivity contribution >= 4 is 15.4 Å². The average molecular weight is 390 g/mol. The van der Waals surface area contributed by atoms with Crippen LogP contribution in [0.4, 0.5) is 0 Å². The predicted octanol–water partition coefficient (Wildman–Crippen LogP) is 5.53. The minimum atomic E-state index is -0.254. The molecule has 2 saturated carbocycles. The molecule has 0 bridgehead atoms. The highest BCUT2D eigenvalue weighted by Crippen LogP contribution is 2.64. The summed E-state index contributed by atoms with van der Waals surface area (Å²) in [4.78, 5) is 12.2. The van der Waals surface area contributed by atoms with Gasteiger partial charge in [-0.25, -0.2) is 0 Å². The van der Waals surface area contributed by atoms with E-state index in [-0.39, 0.29) is 20.8 Å². The Kier molecular flexibility index (Phi) is 4.92. The minimum Gasteiger partial charge on any atom is -0.480 e. The maximum atomic E-state index is 12.2. The van der Waals surface area contributed by atoms with E-state index in [1.165, 1.54) is 36.8 Å². The zero-order valence-electron chi connectivity index (χ0n) is 17.8. The number of esters is 1. The number of carbonyl (C=O) groups is 1. The molecule has 0 N–H and O–H groups in total. The Morgan fingerprint density at radius 2 is 2.22 bits per heavy atom. The van der Waals surface area contributed by atoms with Crippen LogP contribution in [0.15, 0.2) is 18.2 Å². The van der Waals surface area contributed by atoms with Crippen LogP contribution in [0.25, 0.3) is 0 Å². The second-order valence-corrected chi connectivity index (χ2v) is 9.47. The van der Waals surface area contributed by atoms with E-state index in [4.69, 9.17) is 10.5 Å². The molecule has 0 aromatic heterocycles. The molecule has 0 spiro atoms. The Morgan fingerprint density at radius 3 is 3.00 bits per heavy atom. The van der Waals surface area contributed by atoms with Crippen LogP contribution in [-0.2, 0) is 16.0 Å². The van der Waals surface area contributed by atoms with E-state index in [1.807, 2.05) is 6.92 Å². The fourth-order valence-corrected chi connectivity index (χ4v) is 7.01. The zero-order valence-corrected chi connectivity index (χ0v) is 17.8. The summed E-state index contributed by atoms with van der Waals surface area (Å²) in [6, 6.07) is 6.50. The molecule has 0 heterocycles. The van der Waals surface area contributed by atoms with E-state index in [2.05, 4.69) is 32.0 Å². The summed E-state index contributed by atoms with van der Waals surface area (Å²) in [5.74, 6) is 4.00. The van der Waals surface area contributed by atoms with Gasteiger partial charge in [-0.1, -0.05) is 19.9 Å². The number of rotatable bonds is 5. The molecule has 0 aliphatic heterocycles. The van der Waals surface area contributed by atoms with Gasteiger partial charge in [0.05, 0.1) is 17.3 Å². The van der Waals surface area contributed by atoms with Gasteiger partial charge in [-0.2, -0.15) is 0 Å². The van der Waals surface area contributed by atoms with Crippen LogP contribution >= 0.6 is 9.41 Å². The Balaban J connectivity index is 1.58. The standard InChI is InChI=1S/C23H33O3P/c1-4-25-21(24)13-16-5-8-20-22-14(2)11-15-12-17(26-27)6-7-18(15)19(22)9-10-23(16,20)3/h6-7,12,14,16,19-20,22H,4-5,8-11,13,27H2,1-3H3/t14-,16-,19?,20?,22?,23?/m1/s1/i27T/t14-,16-,19?,20?,22?,23?,27?. The van der Waals surface area contributed by atoms with Gasteiger partial charge in [-0.15, -0.1) is 0 Å². The third kappa shape index (κ3) is 3.20. The Morgan fingerprint density at radius 1 is 1.37 bits per heavy atom. The molecular formula is C23H33O3P. The molecule has 5 unspecified atom stereocenters. The zero-order chi connectivity index (χ0) is 19.9. The van der Waals surface area contributed by atoms with Crippen LogP contribution in [0.2, 0.25) is 0 Å². The molecule has 3 nitrogen and oxygen atoms in total. The molecule has 4 rings (SSSR count). The molecule has 3 aliphatic carbocycles. The van der Waals surface area contributed by atoms with Crippen LogP contribution in [0, 0.1) is 29.1 Å². The number of hydrogen-bond donors (Lipinski definition) is 0. The summed E-state index contributed by atoms with van der Waals surface area (Å²) in [6.07, 6.45) is 6.54. The van der Waals surface area contributed by atoms with E-state index in [9.17, 15) is 4.79 Å². The van der Waals surface area contributed by atoms with Crippen LogP contribution in [0.1, 0.15) is 69.9 Å². The van der Waals surface area contributed by atoms with Gasteiger partial charge in [-0.3, -0.25) is 4.79 Å². The topological polar surface area (TPSA) is 35.5 Å². The van der Waals surface area contributed by atoms with Gasteiger partial charge in [0.1, 0.15) is 5.75 Å². The molecule has 4 heteroatoms. The predicted molar refractivity (Wildman–Crippen MR) is 111 cm³/mol. The minimum absolute atomic E-state index is 0.0128. The summed E-state index contributed by atoms with van der Waals surface area (Å²) >= 11 is 0. The molecule has 0 saturated heterocycles. The number of hydrogen-bond acceptors (Lipinski definition) is 3. The lowest BCUT2D eigenvalue weighted by molar-refractivity contribution is -0.145. The first-order valence-electron chi connectivity index (χ1n) is 11.1. The fourth-order valence-electron chi connectivity index (χ4n) is 6.88. The molecule has 27 heavy (non-hydrogen) atoms. The lowest BCUT2D eigenvalue weighted by Crippen LogP contribution is -2.45. The maximum absolute atomic E-state index is 12.2. The second kappa shape index (κ2) is 7.39. The van der Waals surface area contributed by atoms with Crippen LogP contribution < -0.4 is 4.52 Å². The summed E-state index contributed by atoms with van der Waals surface area (Å²) in [7, 11) is -0.254. The van der Waals surface area contributed by atoms with Crippen molar-refractivity contribution < 1.29 is 14.1 Å². The van der Waals surface area contributed by atoms with Crippen LogP contribution in [-0.4, -0.2) is 13.9 Å². The highest BCUT2D eigenvalue weighted by molar-refractivity contribution is 7.10. The van der Waals surface area contributed by atoms with Gasteiger partial charge < -0.3 is 9.26 Å². The van der Waals surface area contributed by atoms with Crippen molar-refractivity contribution in [3.63, 3.8) is 0 Å². The summed E-state index contributed by atoms with van der Waals surface area (Å²) in [5, 5.41) is 0. The number of benzene rings is 1. The molecule has 7 atom stereocenters. The molecule has 0 amide bonds. The lowest BCUT2D eigenvalue weighted by atomic mass is 9.51. The van der Waals surface area contributed by atoms with Crippen LogP contribution in [0.5, 0.6) is 5.75 Å². The summed E-state index contributed by atoms with van der Waals surface area (Å²) < 4.78 is 18.1. The van der Waals surface area contributed by atoms with Crippen molar-refractivity contribution in [2.24, 2.45) is 29.1 Å². The van der Waals surface area contributed by atoms with Crippen LogP contribution in [0.3, 0.4) is 0 Å². The van der Waals surface area contributed by atoms with Gasteiger partial charge in [0.25, 0.3) is 0 Å². The van der Waals surface area contributed by atoms with Gasteiger partial charge in [-0.05, 0) is 97.3 Å². The van der Waals surface area contributed by atoms with E-state index in [1.54, 1.807) is 0 Å². The largest absolute Gasteiger partial charge is 0.480 e. The maximum Gasteiger partial charge on any atom is 0.306 e. The molecular weight excluding hydrogens is 355 g/mol. The first kappa shape index (κ1) is 18.0. The van der Waals surface area contributed by atoms with Gasteiger partial charge in [0.15, 0.2) is 0 Å². The third-order valence-electron chi connectivity index (χ3n) is 8.08. The Bertz CT molecular complexity index is 739. The molecule has 1 aromatic rings. The lowest BCUT2D eigenvalue weighted by Gasteiger charge is -2.53. The van der Waals surface area contributed by atoms with E-state index >= 15 is 0 Å². The van der Waals surface area contributed by atoms with Gasteiger partial charge >= 0.3 is 5.97 Å². The van der Waals surface area contributed by atoms with Crippen molar-refractivity contribution in [3.8, 4) is 5.75 Å². The van der Waals surface area contributed by atoms with Crippen molar-refractivity contribution in [1.29, 1.82) is 1.28 Å². The fraction of sp³-hybridized carbons (Fsp3) is 0.696. The monoisotopic (exact) mass is 390 g/mol. The quantitative estimate of drug-likeness (QED) is 0.490. The smallest absolute Gasteiger partial charge is 0.306 e. The Labute approximate surface area is 167 Å². The number of fused-ring (bicyclic) bond motifs is 5. The van der Waals surface area contributed by atoms with Crippen molar-refractivity contribution in [2.45, 2.75) is 65.2 Å². The van der Waals surface area contributed by atoms with E-state index in [0.717, 1.165) is 12.2 Å². The highest BCUT2D eigenvalue weighted by atomic mass is 31.0.